The molecule has 24 heavy (non-hydrogen) atoms. The van der Waals surface area contributed by atoms with E-state index < -0.39 is 0 Å². The van der Waals surface area contributed by atoms with Crippen molar-refractivity contribution in [2.75, 3.05) is 6.54 Å². The Morgan fingerprint density at radius 3 is 2.83 bits per heavy atom. The number of fused-ring (bicyclic) bond motifs is 1. The van der Waals surface area contributed by atoms with Gasteiger partial charge in [0.05, 0.1) is 0 Å². The van der Waals surface area contributed by atoms with Crippen LogP contribution in [-0.2, 0) is 17.8 Å². The third kappa shape index (κ3) is 3.06. The van der Waals surface area contributed by atoms with Gasteiger partial charge in [-0.1, -0.05) is 36.4 Å². The second-order valence-corrected chi connectivity index (χ2v) is 6.76. The maximum Gasteiger partial charge on any atom is 0.224 e. The van der Waals surface area contributed by atoms with Crippen LogP contribution in [0.5, 0.6) is 0 Å². The molecule has 2 aliphatic rings. The normalized spacial score (nSPS) is 22.9. The highest BCUT2D eigenvalue weighted by atomic mass is 19.1. The standard InChI is InChI=1S/C20H21FN2O/c21-16-8-6-15-7-9-19(18(15)10-16)22-17-11-20(24)23(13-17)12-14-4-2-1-3-5-14/h1-6,8,10,17,19,22H,7,9,11-13H2. The number of hydrogen-bond donors (Lipinski definition) is 1. The van der Waals surface area contributed by atoms with Crippen molar-refractivity contribution in [1.29, 1.82) is 0 Å². The van der Waals surface area contributed by atoms with Gasteiger partial charge in [-0.3, -0.25) is 4.79 Å². The van der Waals surface area contributed by atoms with Gasteiger partial charge in [-0.2, -0.15) is 0 Å². The highest BCUT2D eigenvalue weighted by molar-refractivity contribution is 5.79. The van der Waals surface area contributed by atoms with E-state index in [1.54, 1.807) is 6.07 Å². The largest absolute Gasteiger partial charge is 0.337 e. The number of hydrogen-bond acceptors (Lipinski definition) is 2. The van der Waals surface area contributed by atoms with Crippen LogP contribution in [0.4, 0.5) is 4.39 Å². The smallest absolute Gasteiger partial charge is 0.224 e. The van der Waals surface area contributed by atoms with Gasteiger partial charge in [-0.15, -0.1) is 0 Å². The number of nitrogens with zero attached hydrogens (tertiary/aromatic N) is 1. The minimum Gasteiger partial charge on any atom is -0.337 e. The van der Waals surface area contributed by atoms with E-state index >= 15 is 0 Å². The number of aryl methyl sites for hydroxylation is 1. The third-order valence-corrected chi connectivity index (χ3v) is 5.05. The summed E-state index contributed by atoms with van der Waals surface area (Å²) in [5.41, 5.74) is 3.43. The first-order valence-corrected chi connectivity index (χ1v) is 8.55. The van der Waals surface area contributed by atoms with Gasteiger partial charge < -0.3 is 10.2 Å². The quantitative estimate of drug-likeness (QED) is 0.937. The maximum atomic E-state index is 13.5. The van der Waals surface area contributed by atoms with Crippen LogP contribution in [0.3, 0.4) is 0 Å². The molecule has 0 bridgehead atoms. The van der Waals surface area contributed by atoms with Gasteiger partial charge in [0.2, 0.25) is 5.91 Å². The number of halogens is 1. The van der Waals surface area contributed by atoms with Crippen LogP contribution in [0.2, 0.25) is 0 Å². The van der Waals surface area contributed by atoms with Crippen molar-refractivity contribution in [3.05, 3.63) is 71.0 Å². The molecule has 2 atom stereocenters. The second-order valence-electron chi connectivity index (χ2n) is 6.76. The summed E-state index contributed by atoms with van der Waals surface area (Å²) in [7, 11) is 0. The Hall–Kier alpha value is -2.20. The van der Waals surface area contributed by atoms with E-state index in [4.69, 9.17) is 0 Å². The molecule has 2 unspecified atom stereocenters. The number of carbonyl (C=O) groups is 1. The van der Waals surface area contributed by atoms with Crippen LogP contribution < -0.4 is 5.32 Å². The van der Waals surface area contributed by atoms with Crippen LogP contribution in [-0.4, -0.2) is 23.4 Å². The molecule has 4 heteroatoms. The molecule has 1 amide bonds. The first-order valence-electron chi connectivity index (χ1n) is 8.55. The highest BCUT2D eigenvalue weighted by Gasteiger charge is 2.33. The number of rotatable bonds is 4. The fraction of sp³-hybridized carbons (Fsp3) is 0.350. The van der Waals surface area contributed by atoms with E-state index in [1.165, 1.54) is 11.6 Å². The zero-order chi connectivity index (χ0) is 16.5. The van der Waals surface area contributed by atoms with Crippen molar-refractivity contribution in [3.8, 4) is 0 Å². The summed E-state index contributed by atoms with van der Waals surface area (Å²) in [4.78, 5) is 14.2. The number of likely N-dealkylation sites (tertiary alicyclic amines) is 1. The monoisotopic (exact) mass is 324 g/mol. The number of amides is 1. The predicted octanol–water partition coefficient (Wildman–Crippen LogP) is 3.20. The number of carbonyl (C=O) groups excluding carboxylic acids is 1. The molecule has 0 radical (unpaired) electrons. The average molecular weight is 324 g/mol. The van der Waals surface area contributed by atoms with Crippen molar-refractivity contribution in [2.45, 2.75) is 37.9 Å². The Labute approximate surface area is 141 Å². The fourth-order valence-corrected chi connectivity index (χ4v) is 3.87. The summed E-state index contributed by atoms with van der Waals surface area (Å²) in [6, 6.07) is 15.4. The lowest BCUT2D eigenvalue weighted by Gasteiger charge is -2.21. The Kier molecular flexibility index (Phi) is 4.07. The second kappa shape index (κ2) is 6.36. The van der Waals surface area contributed by atoms with Gasteiger partial charge in [0.25, 0.3) is 0 Å². The molecule has 124 valence electrons. The molecular formula is C20H21FN2O. The van der Waals surface area contributed by atoms with Crippen LogP contribution in [0.25, 0.3) is 0 Å². The van der Waals surface area contributed by atoms with Crippen molar-refractivity contribution in [1.82, 2.24) is 10.2 Å². The summed E-state index contributed by atoms with van der Waals surface area (Å²) in [5, 5.41) is 3.58. The van der Waals surface area contributed by atoms with Crippen molar-refractivity contribution < 1.29 is 9.18 Å². The van der Waals surface area contributed by atoms with Gasteiger partial charge in [-0.05, 0) is 41.7 Å². The van der Waals surface area contributed by atoms with Gasteiger partial charge in [0, 0.05) is 31.6 Å². The van der Waals surface area contributed by atoms with Crippen LogP contribution in [0.15, 0.2) is 48.5 Å². The molecule has 1 aliphatic heterocycles. The van der Waals surface area contributed by atoms with E-state index in [2.05, 4.69) is 5.32 Å². The van der Waals surface area contributed by atoms with Crippen LogP contribution >= 0.6 is 0 Å². The Bertz CT molecular complexity index is 747. The predicted molar refractivity (Wildman–Crippen MR) is 90.9 cm³/mol. The molecule has 0 saturated carbocycles. The lowest BCUT2D eigenvalue weighted by molar-refractivity contribution is -0.128. The van der Waals surface area contributed by atoms with E-state index in [0.717, 1.165) is 30.5 Å². The van der Waals surface area contributed by atoms with Crippen LogP contribution in [0, 0.1) is 5.82 Å². The molecule has 4 rings (SSSR count). The molecule has 0 aromatic heterocycles. The molecular weight excluding hydrogens is 303 g/mol. The molecule has 1 saturated heterocycles. The van der Waals surface area contributed by atoms with Gasteiger partial charge in [0.15, 0.2) is 0 Å². The van der Waals surface area contributed by atoms with Gasteiger partial charge in [-0.25, -0.2) is 4.39 Å². The fourth-order valence-electron chi connectivity index (χ4n) is 3.87. The topological polar surface area (TPSA) is 32.3 Å². The molecule has 1 N–H and O–H groups in total. The Morgan fingerprint density at radius 2 is 2.00 bits per heavy atom. The van der Waals surface area contributed by atoms with E-state index in [1.807, 2.05) is 41.3 Å². The molecule has 1 fully saturated rings. The minimum absolute atomic E-state index is 0.139. The number of nitrogens with one attached hydrogen (secondary N) is 1. The summed E-state index contributed by atoms with van der Waals surface area (Å²) in [6.07, 6.45) is 2.47. The maximum absolute atomic E-state index is 13.5. The van der Waals surface area contributed by atoms with Crippen molar-refractivity contribution >= 4 is 5.91 Å². The van der Waals surface area contributed by atoms with E-state index in [0.29, 0.717) is 13.0 Å². The zero-order valence-corrected chi connectivity index (χ0v) is 13.5. The highest BCUT2D eigenvalue weighted by Crippen LogP contribution is 2.32. The first kappa shape index (κ1) is 15.3. The van der Waals surface area contributed by atoms with Gasteiger partial charge in [0.1, 0.15) is 5.82 Å². The van der Waals surface area contributed by atoms with Crippen molar-refractivity contribution in [2.24, 2.45) is 0 Å². The summed E-state index contributed by atoms with van der Waals surface area (Å²) < 4.78 is 13.5. The minimum atomic E-state index is -0.185. The van der Waals surface area contributed by atoms with Crippen LogP contribution in [0.1, 0.15) is 35.6 Å². The average Bonchev–Trinajstić information content (AvgIpc) is 3.12. The number of benzene rings is 2. The van der Waals surface area contributed by atoms with Crippen molar-refractivity contribution in [3.63, 3.8) is 0 Å². The molecule has 2 aromatic carbocycles. The molecule has 1 heterocycles. The third-order valence-electron chi connectivity index (χ3n) is 5.05. The molecule has 1 aliphatic carbocycles. The zero-order valence-electron chi connectivity index (χ0n) is 13.5. The van der Waals surface area contributed by atoms with E-state index in [9.17, 15) is 9.18 Å². The lowest BCUT2D eigenvalue weighted by Crippen LogP contribution is -2.34. The SMILES string of the molecule is O=C1CC(NC2CCc3ccc(F)cc32)CN1Cc1ccccc1. The van der Waals surface area contributed by atoms with Gasteiger partial charge >= 0.3 is 0 Å². The Morgan fingerprint density at radius 1 is 1.17 bits per heavy atom. The first-order chi connectivity index (χ1) is 11.7. The summed E-state index contributed by atoms with van der Waals surface area (Å²) >= 11 is 0. The Balaban J connectivity index is 1.41. The molecule has 0 spiro atoms. The summed E-state index contributed by atoms with van der Waals surface area (Å²) in [6.45, 7) is 1.38. The summed E-state index contributed by atoms with van der Waals surface area (Å²) in [5.74, 6) is 0.00414. The molecule has 3 nitrogen and oxygen atoms in total. The lowest BCUT2D eigenvalue weighted by atomic mass is 10.1. The van der Waals surface area contributed by atoms with E-state index in [-0.39, 0.29) is 23.8 Å². The molecule has 2 aromatic rings.